The number of carbonyl (C=O) groups is 2. The number of fused-ring (bicyclic) bond motifs is 1. The molecule has 0 amide bonds. The molecule has 0 aliphatic heterocycles. The molecule has 0 radical (unpaired) electrons. The van der Waals surface area contributed by atoms with Crippen molar-refractivity contribution in [3.63, 3.8) is 0 Å². The minimum Gasteiger partial charge on any atom is -0.465 e. The largest absolute Gasteiger partial charge is 0.465 e. The maximum Gasteiger partial charge on any atom is 0.406 e. The van der Waals surface area contributed by atoms with Crippen LogP contribution >= 0.6 is 0 Å². The molecule has 0 spiro atoms. The van der Waals surface area contributed by atoms with Crippen molar-refractivity contribution in [3.8, 4) is 0 Å². The van der Waals surface area contributed by atoms with Gasteiger partial charge in [0.25, 0.3) is 10.0 Å². The highest BCUT2D eigenvalue weighted by Gasteiger charge is 2.70. The second kappa shape index (κ2) is 11.3. The van der Waals surface area contributed by atoms with Crippen LogP contribution in [-0.2, 0) is 34.5 Å². The van der Waals surface area contributed by atoms with E-state index < -0.39 is 69.7 Å². The van der Waals surface area contributed by atoms with Gasteiger partial charge in [-0.2, -0.15) is 13.2 Å². The van der Waals surface area contributed by atoms with Gasteiger partial charge >= 0.3 is 18.1 Å². The summed E-state index contributed by atoms with van der Waals surface area (Å²) in [6.07, 6.45) is -5.05. The van der Waals surface area contributed by atoms with E-state index in [4.69, 9.17) is 9.47 Å². The van der Waals surface area contributed by atoms with Crippen molar-refractivity contribution in [1.82, 2.24) is 3.97 Å². The van der Waals surface area contributed by atoms with Gasteiger partial charge in [-0.3, -0.25) is 19.7 Å². The van der Waals surface area contributed by atoms with Crippen molar-refractivity contribution in [2.24, 2.45) is 5.92 Å². The molecule has 0 N–H and O–H groups in total. The molecule has 0 aliphatic carbocycles. The van der Waals surface area contributed by atoms with Gasteiger partial charge in [0.05, 0.1) is 23.6 Å². The monoisotopic (exact) mass is 584 g/mol. The normalized spacial score (nSPS) is 13.7. The van der Waals surface area contributed by atoms with Gasteiger partial charge in [0.15, 0.2) is 11.3 Å². The van der Waals surface area contributed by atoms with Crippen molar-refractivity contribution in [3.05, 3.63) is 75.5 Å². The Balaban J connectivity index is 2.55. The molecule has 2 aromatic carbocycles. The molecular formula is C26H27F3N2O8S. The van der Waals surface area contributed by atoms with E-state index >= 15 is 13.2 Å². The first-order valence-corrected chi connectivity index (χ1v) is 13.5. The van der Waals surface area contributed by atoms with Gasteiger partial charge in [-0.05, 0) is 52.0 Å². The third-order valence-corrected chi connectivity index (χ3v) is 8.09. The Hall–Kier alpha value is -3.94. The number of esters is 2. The molecule has 0 saturated heterocycles. The quantitative estimate of drug-likeness (QED) is 0.149. The first-order valence-electron chi connectivity index (χ1n) is 12.1. The van der Waals surface area contributed by atoms with Crippen LogP contribution in [0.4, 0.5) is 13.2 Å². The standard InChI is InChI=1S/C26H27F3N2O8S/c1-5-38-23(32)22(24(33)39-6-2)25(15-31(34)35,26(27,28)29)20-14-30(21-12-9-17(4)13-19(20)21)40(36,37)18-10-7-16(3)8-11-18/h7-14,22H,5-6,15H2,1-4H3/t25-/m0/s1. The number of ether oxygens (including phenoxy) is 2. The van der Waals surface area contributed by atoms with Crippen LogP contribution in [0.5, 0.6) is 0 Å². The van der Waals surface area contributed by atoms with Crippen LogP contribution in [0.3, 0.4) is 0 Å². The van der Waals surface area contributed by atoms with Crippen molar-refractivity contribution < 1.29 is 45.6 Å². The fraction of sp³-hybridized carbons (Fsp3) is 0.385. The van der Waals surface area contributed by atoms with Crippen LogP contribution in [0.2, 0.25) is 0 Å². The summed E-state index contributed by atoms with van der Waals surface area (Å²) in [6, 6.07) is 9.42. The van der Waals surface area contributed by atoms with Crippen LogP contribution in [-0.4, -0.2) is 55.2 Å². The number of aromatic nitrogens is 1. The molecule has 40 heavy (non-hydrogen) atoms. The van der Waals surface area contributed by atoms with Crippen LogP contribution in [0.25, 0.3) is 10.9 Å². The zero-order valence-electron chi connectivity index (χ0n) is 22.0. The Morgan fingerprint density at radius 3 is 1.98 bits per heavy atom. The van der Waals surface area contributed by atoms with E-state index in [-0.39, 0.29) is 15.8 Å². The van der Waals surface area contributed by atoms with Crippen molar-refractivity contribution in [2.45, 2.75) is 44.2 Å². The molecule has 0 unspecified atom stereocenters. The number of alkyl halides is 3. The zero-order chi connectivity index (χ0) is 30.0. The average Bonchev–Trinajstić information content (AvgIpc) is 3.23. The van der Waals surface area contributed by atoms with E-state index in [0.29, 0.717) is 15.7 Å². The number of nitrogens with zero attached hydrogens (tertiary/aromatic N) is 2. The number of hydrogen-bond acceptors (Lipinski definition) is 8. The number of halogens is 3. The first-order chi connectivity index (χ1) is 18.6. The summed E-state index contributed by atoms with van der Waals surface area (Å²) in [4.78, 5) is 36.3. The van der Waals surface area contributed by atoms with E-state index in [2.05, 4.69) is 0 Å². The second-order valence-corrected chi connectivity index (χ2v) is 10.9. The highest BCUT2D eigenvalue weighted by atomic mass is 32.2. The first kappa shape index (κ1) is 30.6. The number of hydrogen-bond donors (Lipinski definition) is 0. The smallest absolute Gasteiger partial charge is 0.406 e. The molecule has 1 atom stereocenters. The predicted molar refractivity (Wildman–Crippen MR) is 137 cm³/mol. The van der Waals surface area contributed by atoms with Crippen LogP contribution in [0.1, 0.15) is 30.5 Å². The van der Waals surface area contributed by atoms with E-state index in [1.807, 2.05) is 0 Å². The molecular weight excluding hydrogens is 557 g/mol. The molecule has 1 aromatic heterocycles. The van der Waals surface area contributed by atoms with E-state index in [0.717, 1.165) is 5.56 Å². The molecule has 0 bridgehead atoms. The van der Waals surface area contributed by atoms with E-state index in [9.17, 15) is 28.1 Å². The number of aryl methyl sites for hydroxylation is 2. The van der Waals surface area contributed by atoms with Crippen molar-refractivity contribution >= 4 is 32.9 Å². The average molecular weight is 585 g/mol. The third-order valence-electron chi connectivity index (χ3n) is 6.41. The van der Waals surface area contributed by atoms with Crippen LogP contribution < -0.4 is 0 Å². The molecule has 3 rings (SSSR count). The van der Waals surface area contributed by atoms with Gasteiger partial charge in [0.1, 0.15) is 0 Å². The Morgan fingerprint density at radius 1 is 0.975 bits per heavy atom. The minimum atomic E-state index is -5.64. The van der Waals surface area contributed by atoms with Crippen molar-refractivity contribution in [2.75, 3.05) is 19.8 Å². The maximum atomic E-state index is 15.3. The molecule has 0 fully saturated rings. The predicted octanol–water partition coefficient (Wildman–Crippen LogP) is 4.31. The van der Waals surface area contributed by atoms with E-state index in [1.165, 1.54) is 63.2 Å². The number of carbonyl (C=O) groups excluding carboxylic acids is 2. The SMILES string of the molecule is CCOC(=O)C(C(=O)OCC)[C@](C[N+](=O)[O-])(c1cn(S(=O)(=O)c2ccc(C)cc2)c2ccc(C)cc12)C(F)(F)F. The third kappa shape index (κ3) is 5.40. The number of benzene rings is 2. The van der Waals surface area contributed by atoms with Gasteiger partial charge in [0.2, 0.25) is 6.54 Å². The Kier molecular flexibility index (Phi) is 8.63. The fourth-order valence-electron chi connectivity index (χ4n) is 4.58. The topological polar surface area (TPSA) is 135 Å². The van der Waals surface area contributed by atoms with Crippen LogP contribution in [0, 0.1) is 29.9 Å². The molecule has 216 valence electrons. The van der Waals surface area contributed by atoms with Gasteiger partial charge in [0, 0.05) is 22.1 Å². The molecule has 0 aliphatic rings. The summed E-state index contributed by atoms with van der Waals surface area (Å²) in [7, 11) is -4.55. The molecule has 1 heterocycles. The van der Waals surface area contributed by atoms with Crippen molar-refractivity contribution in [1.29, 1.82) is 0 Å². The Morgan fingerprint density at radius 2 is 1.50 bits per heavy atom. The number of rotatable bonds is 10. The maximum absolute atomic E-state index is 15.3. The lowest BCUT2D eigenvalue weighted by Crippen LogP contribution is -2.58. The molecule has 14 heteroatoms. The van der Waals surface area contributed by atoms with E-state index in [1.54, 1.807) is 6.92 Å². The number of nitro groups is 1. The summed E-state index contributed by atoms with van der Waals surface area (Å²) in [6.45, 7) is 2.93. The lowest BCUT2D eigenvalue weighted by atomic mass is 9.69. The molecule has 0 saturated carbocycles. The summed E-state index contributed by atoms with van der Waals surface area (Å²) < 4.78 is 83.3. The summed E-state index contributed by atoms with van der Waals surface area (Å²) >= 11 is 0. The highest BCUT2D eigenvalue weighted by Crippen LogP contribution is 2.51. The fourth-order valence-corrected chi connectivity index (χ4v) is 5.95. The Bertz CT molecular complexity index is 1530. The summed E-state index contributed by atoms with van der Waals surface area (Å²) in [5.41, 5.74) is -3.96. The summed E-state index contributed by atoms with van der Waals surface area (Å²) in [5.74, 6) is -6.27. The molecule has 3 aromatic rings. The summed E-state index contributed by atoms with van der Waals surface area (Å²) in [5, 5.41) is 11.5. The Labute approximate surface area is 227 Å². The van der Waals surface area contributed by atoms with Gasteiger partial charge in [-0.25, -0.2) is 12.4 Å². The lowest BCUT2D eigenvalue weighted by molar-refractivity contribution is -0.503. The lowest BCUT2D eigenvalue weighted by Gasteiger charge is -2.36. The van der Waals surface area contributed by atoms with Crippen LogP contribution in [0.15, 0.2) is 53.6 Å². The zero-order valence-corrected chi connectivity index (χ0v) is 22.8. The van der Waals surface area contributed by atoms with Gasteiger partial charge in [-0.15, -0.1) is 0 Å². The molecule has 10 nitrogen and oxygen atoms in total. The van der Waals surface area contributed by atoms with Gasteiger partial charge in [-0.1, -0.05) is 29.3 Å². The van der Waals surface area contributed by atoms with Gasteiger partial charge < -0.3 is 9.47 Å². The second-order valence-electron chi connectivity index (χ2n) is 9.07. The minimum absolute atomic E-state index is 0.246. The highest BCUT2D eigenvalue weighted by molar-refractivity contribution is 7.90.